The first-order chi connectivity index (χ1) is 13.6. The zero-order chi connectivity index (χ0) is 19.3. The summed E-state index contributed by atoms with van der Waals surface area (Å²) in [5, 5.41) is 4.34. The topological polar surface area (TPSA) is 41.1 Å². The molecule has 4 nitrogen and oxygen atoms in total. The molecule has 5 rings (SSSR count). The zero-order valence-corrected chi connectivity index (χ0v) is 17.4. The van der Waals surface area contributed by atoms with Gasteiger partial charge < -0.3 is 10.2 Å². The molecule has 0 aliphatic carbocycles. The van der Waals surface area contributed by atoms with E-state index in [0.29, 0.717) is 23.2 Å². The van der Waals surface area contributed by atoms with Gasteiger partial charge in [-0.05, 0) is 57.6 Å². The maximum atomic E-state index is 14.8. The van der Waals surface area contributed by atoms with Gasteiger partial charge in [0.2, 0.25) is 0 Å². The average molecular weight is 413 g/mol. The minimum absolute atomic E-state index is 0.304. The quantitative estimate of drug-likeness (QED) is 0.449. The molecule has 0 saturated carbocycles. The van der Waals surface area contributed by atoms with Crippen LogP contribution < -0.4 is 5.32 Å². The highest BCUT2D eigenvalue weighted by molar-refractivity contribution is 7.18. The molecule has 0 spiro atoms. The van der Waals surface area contributed by atoms with E-state index in [0.717, 1.165) is 27.1 Å². The lowest BCUT2D eigenvalue weighted by molar-refractivity contribution is 0.176. The van der Waals surface area contributed by atoms with E-state index in [4.69, 9.17) is 0 Å². The van der Waals surface area contributed by atoms with Crippen molar-refractivity contribution in [3.63, 3.8) is 0 Å². The number of benzene rings is 1. The number of aromatic nitrogens is 2. The van der Waals surface area contributed by atoms with Crippen LogP contribution >= 0.6 is 22.7 Å². The van der Waals surface area contributed by atoms with E-state index in [-0.39, 0.29) is 5.82 Å². The summed E-state index contributed by atoms with van der Waals surface area (Å²) < 4.78 is 15.7. The molecule has 0 bridgehead atoms. The molecule has 4 heterocycles. The van der Waals surface area contributed by atoms with Gasteiger partial charge in [-0.15, -0.1) is 22.7 Å². The Bertz CT molecular complexity index is 1150. The predicted molar refractivity (Wildman–Crippen MR) is 117 cm³/mol. The van der Waals surface area contributed by atoms with E-state index in [1.807, 2.05) is 12.1 Å². The van der Waals surface area contributed by atoms with Crippen LogP contribution in [-0.2, 0) is 0 Å². The van der Waals surface area contributed by atoms with Gasteiger partial charge >= 0.3 is 0 Å². The number of fused-ring (bicyclic) bond motifs is 2. The van der Waals surface area contributed by atoms with Gasteiger partial charge in [0.15, 0.2) is 5.82 Å². The van der Waals surface area contributed by atoms with E-state index in [2.05, 4.69) is 40.2 Å². The first-order valence-corrected chi connectivity index (χ1v) is 11.2. The molecule has 7 heteroatoms. The van der Waals surface area contributed by atoms with E-state index in [1.54, 1.807) is 29.1 Å². The molecule has 0 radical (unpaired) electrons. The van der Waals surface area contributed by atoms with Crippen LogP contribution in [-0.4, -0.2) is 34.5 Å². The maximum Gasteiger partial charge on any atom is 0.173 e. The second-order valence-corrected chi connectivity index (χ2v) is 9.40. The monoisotopic (exact) mass is 412 g/mol. The van der Waals surface area contributed by atoms with Crippen molar-refractivity contribution in [1.82, 2.24) is 14.9 Å². The molecule has 28 heavy (non-hydrogen) atoms. The number of rotatable bonds is 3. The molecule has 2 atom stereocenters. The Morgan fingerprint density at radius 1 is 1.21 bits per heavy atom. The predicted octanol–water partition coefficient (Wildman–Crippen LogP) is 5.99. The highest BCUT2D eigenvalue weighted by atomic mass is 32.1. The third-order valence-corrected chi connectivity index (χ3v) is 7.80. The Morgan fingerprint density at radius 3 is 3.00 bits per heavy atom. The standard InChI is InChI=1S/C21H21FN4S2/c1-12-13(4-3-9-26(12)2)18-10-14-15(7-8-23-21(14)28-18)25-16-5-6-17-20(19(16)22)24-11-27-17/h5-8,10-13H,3-4,9H2,1-2H3,(H,23,25)/t12-,13+/m0/s1. The zero-order valence-electron chi connectivity index (χ0n) is 15.8. The van der Waals surface area contributed by atoms with Crippen LogP contribution in [0.3, 0.4) is 0 Å². The van der Waals surface area contributed by atoms with Crippen molar-refractivity contribution in [3.8, 4) is 0 Å². The van der Waals surface area contributed by atoms with Gasteiger partial charge in [0.1, 0.15) is 10.3 Å². The summed E-state index contributed by atoms with van der Waals surface area (Å²) in [7, 11) is 2.20. The second kappa shape index (κ2) is 7.06. The van der Waals surface area contributed by atoms with Crippen LogP contribution in [0.15, 0.2) is 36.0 Å². The van der Waals surface area contributed by atoms with Crippen LogP contribution in [0.1, 0.15) is 30.6 Å². The van der Waals surface area contributed by atoms with E-state index in [9.17, 15) is 4.39 Å². The fourth-order valence-electron chi connectivity index (χ4n) is 4.08. The number of piperidine rings is 1. The molecule has 0 amide bonds. The molecule has 1 aromatic carbocycles. The van der Waals surface area contributed by atoms with Crippen molar-refractivity contribution in [3.05, 3.63) is 46.7 Å². The number of anilines is 2. The van der Waals surface area contributed by atoms with E-state index < -0.39 is 0 Å². The van der Waals surface area contributed by atoms with Crippen molar-refractivity contribution >= 4 is 54.5 Å². The van der Waals surface area contributed by atoms with Crippen molar-refractivity contribution in [2.24, 2.45) is 0 Å². The first kappa shape index (κ1) is 18.0. The minimum atomic E-state index is -0.304. The third-order valence-electron chi connectivity index (χ3n) is 5.83. The van der Waals surface area contributed by atoms with Crippen LogP contribution in [0, 0.1) is 5.82 Å². The number of thiophene rings is 1. The van der Waals surface area contributed by atoms with Crippen LogP contribution in [0.4, 0.5) is 15.8 Å². The van der Waals surface area contributed by atoms with E-state index >= 15 is 0 Å². The third kappa shape index (κ3) is 2.98. The summed E-state index contributed by atoms with van der Waals surface area (Å²) in [5.74, 6) is 0.218. The Kier molecular flexibility index (Phi) is 4.53. The maximum absolute atomic E-state index is 14.8. The fraction of sp³-hybridized carbons (Fsp3) is 0.333. The molecule has 1 fully saturated rings. The van der Waals surface area contributed by atoms with Crippen molar-refractivity contribution in [2.75, 3.05) is 18.9 Å². The molecule has 0 unspecified atom stereocenters. The summed E-state index contributed by atoms with van der Waals surface area (Å²) in [6.45, 7) is 3.46. The number of hydrogen-bond donors (Lipinski definition) is 1. The molecule has 1 saturated heterocycles. The summed E-state index contributed by atoms with van der Waals surface area (Å²) in [4.78, 5) is 13.5. The fourth-order valence-corrected chi connectivity index (χ4v) is 6.01. The van der Waals surface area contributed by atoms with Crippen LogP contribution in [0.5, 0.6) is 0 Å². The average Bonchev–Trinajstić information content (AvgIpc) is 3.34. The van der Waals surface area contributed by atoms with Gasteiger partial charge in [0.05, 0.1) is 21.6 Å². The largest absolute Gasteiger partial charge is 0.352 e. The molecular weight excluding hydrogens is 391 g/mol. The number of hydrogen-bond acceptors (Lipinski definition) is 6. The van der Waals surface area contributed by atoms with E-state index in [1.165, 1.54) is 29.1 Å². The molecule has 4 aromatic rings. The van der Waals surface area contributed by atoms with Gasteiger partial charge in [-0.2, -0.15) is 0 Å². The molecule has 3 aromatic heterocycles. The lowest BCUT2D eigenvalue weighted by Crippen LogP contribution is -2.38. The Labute approximate surface area is 171 Å². The highest BCUT2D eigenvalue weighted by Gasteiger charge is 2.28. The number of likely N-dealkylation sites (tertiary alicyclic amines) is 1. The molecular formula is C21H21FN4S2. The number of nitrogens with zero attached hydrogens (tertiary/aromatic N) is 3. The SMILES string of the molecule is C[C@H]1[C@H](c2cc3c(Nc4ccc5scnc5c4F)ccnc3s2)CCCN1C. The first-order valence-electron chi connectivity index (χ1n) is 9.49. The van der Waals surface area contributed by atoms with Gasteiger partial charge in [-0.1, -0.05) is 0 Å². The van der Waals surface area contributed by atoms with Gasteiger partial charge in [0, 0.05) is 28.4 Å². The van der Waals surface area contributed by atoms with Crippen molar-refractivity contribution < 1.29 is 4.39 Å². The molecule has 1 N–H and O–H groups in total. The van der Waals surface area contributed by atoms with Crippen LogP contribution in [0.2, 0.25) is 0 Å². The van der Waals surface area contributed by atoms with Gasteiger partial charge in [-0.25, -0.2) is 14.4 Å². The Hall–Kier alpha value is -2.09. The van der Waals surface area contributed by atoms with Crippen molar-refractivity contribution in [1.29, 1.82) is 0 Å². The number of halogens is 1. The molecule has 1 aliphatic heterocycles. The highest BCUT2D eigenvalue weighted by Crippen LogP contribution is 2.40. The summed E-state index contributed by atoms with van der Waals surface area (Å²) in [6, 6.07) is 8.38. The summed E-state index contributed by atoms with van der Waals surface area (Å²) >= 11 is 3.21. The Balaban J connectivity index is 1.53. The lowest BCUT2D eigenvalue weighted by atomic mass is 9.89. The summed E-state index contributed by atoms with van der Waals surface area (Å²) in [5.41, 5.74) is 3.43. The van der Waals surface area contributed by atoms with Crippen LogP contribution in [0.25, 0.3) is 20.4 Å². The lowest BCUT2D eigenvalue weighted by Gasteiger charge is -2.36. The molecule has 1 aliphatic rings. The smallest absolute Gasteiger partial charge is 0.173 e. The van der Waals surface area contributed by atoms with Crippen molar-refractivity contribution in [2.45, 2.75) is 31.7 Å². The second-order valence-electron chi connectivity index (χ2n) is 7.45. The number of thiazole rings is 1. The number of nitrogens with one attached hydrogen (secondary N) is 1. The summed E-state index contributed by atoms with van der Waals surface area (Å²) in [6.07, 6.45) is 4.22. The number of likely N-dealkylation sites (N-methyl/N-ethyl adjacent to an activating group) is 1. The Morgan fingerprint density at radius 2 is 2.11 bits per heavy atom. The normalized spacial score (nSPS) is 20.8. The number of pyridine rings is 1. The van der Waals surface area contributed by atoms with Gasteiger partial charge in [-0.3, -0.25) is 0 Å². The van der Waals surface area contributed by atoms with Gasteiger partial charge in [0.25, 0.3) is 0 Å². The molecule has 144 valence electrons. The minimum Gasteiger partial charge on any atom is -0.352 e.